The molecule has 5 heteroatoms. The van der Waals surface area contributed by atoms with Gasteiger partial charge in [0.15, 0.2) is 0 Å². The fourth-order valence-corrected chi connectivity index (χ4v) is 6.07. The largest absolute Gasteiger partial charge is 0.497 e. The van der Waals surface area contributed by atoms with Crippen molar-refractivity contribution in [2.45, 2.75) is 37.5 Å². The summed E-state index contributed by atoms with van der Waals surface area (Å²) in [5.74, 6) is 2.98. The van der Waals surface area contributed by atoms with Crippen LogP contribution in [0.25, 0.3) is 10.9 Å². The predicted molar refractivity (Wildman–Crippen MR) is 138 cm³/mol. The lowest BCUT2D eigenvalue weighted by Gasteiger charge is -2.38. The minimum absolute atomic E-state index is 0.293. The van der Waals surface area contributed by atoms with Crippen molar-refractivity contribution in [1.29, 1.82) is 0 Å². The summed E-state index contributed by atoms with van der Waals surface area (Å²) in [5, 5.41) is 11.3. The molecule has 1 aliphatic heterocycles. The second-order valence-corrected chi connectivity index (χ2v) is 10.3. The van der Waals surface area contributed by atoms with Gasteiger partial charge >= 0.3 is 0 Å². The Balaban J connectivity index is 1.26. The van der Waals surface area contributed by atoms with Gasteiger partial charge < -0.3 is 14.7 Å². The van der Waals surface area contributed by atoms with Crippen molar-refractivity contribution in [3.63, 3.8) is 0 Å². The molecule has 4 rings (SSSR count). The number of methoxy groups -OCH3 is 1. The van der Waals surface area contributed by atoms with Crippen LogP contribution < -0.4 is 4.74 Å². The van der Waals surface area contributed by atoms with Crippen LogP contribution in [-0.4, -0.2) is 54.1 Å². The topological polar surface area (TPSA) is 45.6 Å². The maximum Gasteiger partial charge on any atom is 0.119 e. The number of likely N-dealkylation sites (tertiary alicyclic amines) is 1. The second kappa shape index (κ2) is 11.9. The smallest absolute Gasteiger partial charge is 0.119 e. The van der Waals surface area contributed by atoms with Crippen LogP contribution in [0, 0.1) is 18.8 Å². The summed E-state index contributed by atoms with van der Waals surface area (Å²) in [6.07, 6.45) is 6.45. The van der Waals surface area contributed by atoms with E-state index in [1.54, 1.807) is 7.11 Å². The SMILES string of the molecule is COc1ccc2nccc(CCC[C@@H]3CCN(CCSc4ccccc4C)C[C@@H]3CO)c2c1. The first-order valence-corrected chi connectivity index (χ1v) is 13.1. The Hall–Kier alpha value is -2.08. The van der Waals surface area contributed by atoms with Gasteiger partial charge in [0.25, 0.3) is 0 Å². The summed E-state index contributed by atoms with van der Waals surface area (Å²) in [6, 6.07) is 16.9. The molecule has 1 aliphatic rings. The quantitative estimate of drug-likeness (QED) is 0.396. The molecular weight excluding hydrogens is 428 g/mol. The zero-order chi connectivity index (χ0) is 23.0. The van der Waals surface area contributed by atoms with Crippen LogP contribution in [-0.2, 0) is 6.42 Å². The van der Waals surface area contributed by atoms with Crippen LogP contribution in [0.2, 0.25) is 0 Å². The Morgan fingerprint density at radius 3 is 2.85 bits per heavy atom. The molecule has 0 bridgehead atoms. The zero-order valence-corrected chi connectivity index (χ0v) is 20.7. The molecule has 176 valence electrons. The van der Waals surface area contributed by atoms with E-state index in [4.69, 9.17) is 4.74 Å². The average Bonchev–Trinajstić information content (AvgIpc) is 2.85. The molecule has 3 aromatic rings. The zero-order valence-electron chi connectivity index (χ0n) is 19.9. The summed E-state index contributed by atoms with van der Waals surface area (Å²) < 4.78 is 5.41. The van der Waals surface area contributed by atoms with Crippen molar-refractivity contribution in [2.75, 3.05) is 39.1 Å². The molecule has 1 saturated heterocycles. The van der Waals surface area contributed by atoms with Gasteiger partial charge in [-0.15, -0.1) is 11.8 Å². The molecule has 2 aromatic carbocycles. The monoisotopic (exact) mass is 464 g/mol. The number of nitrogens with zero attached hydrogens (tertiary/aromatic N) is 2. The van der Waals surface area contributed by atoms with Gasteiger partial charge in [-0.1, -0.05) is 18.2 Å². The van der Waals surface area contributed by atoms with Crippen LogP contribution in [0.15, 0.2) is 59.6 Å². The summed E-state index contributed by atoms with van der Waals surface area (Å²) in [7, 11) is 1.71. The van der Waals surface area contributed by atoms with Crippen molar-refractivity contribution in [1.82, 2.24) is 9.88 Å². The number of aryl methyl sites for hydroxylation is 2. The molecule has 0 amide bonds. The Labute approximate surface area is 202 Å². The lowest BCUT2D eigenvalue weighted by Crippen LogP contribution is -2.42. The number of rotatable bonds is 10. The Kier molecular flexibility index (Phi) is 8.65. The van der Waals surface area contributed by atoms with Crippen molar-refractivity contribution < 1.29 is 9.84 Å². The van der Waals surface area contributed by atoms with Crippen LogP contribution in [0.4, 0.5) is 0 Å². The maximum atomic E-state index is 10.1. The van der Waals surface area contributed by atoms with Crippen molar-refractivity contribution in [3.8, 4) is 5.75 Å². The highest BCUT2D eigenvalue weighted by molar-refractivity contribution is 7.99. The third-order valence-electron chi connectivity index (χ3n) is 7.03. The number of aliphatic hydroxyl groups is 1. The molecular formula is C28H36N2O2S. The standard InChI is InChI=1S/C28H36N2O2S/c1-21-6-3-4-9-28(21)33-17-16-30-15-13-22(24(19-30)20-31)7-5-8-23-12-14-29-27-11-10-25(32-2)18-26(23)27/h3-4,6,9-12,14,18,22,24,31H,5,7-8,13,15-17,19-20H2,1-2H3/t22-,24-/m1/s1. The van der Waals surface area contributed by atoms with E-state index in [-0.39, 0.29) is 0 Å². The number of piperidine rings is 1. The third kappa shape index (κ3) is 6.28. The number of thioether (sulfide) groups is 1. The summed E-state index contributed by atoms with van der Waals surface area (Å²) >= 11 is 1.95. The van der Waals surface area contributed by atoms with Gasteiger partial charge in [-0.25, -0.2) is 0 Å². The number of aromatic nitrogens is 1. The summed E-state index contributed by atoms with van der Waals surface area (Å²) in [5.41, 5.74) is 3.72. The lowest BCUT2D eigenvalue weighted by atomic mass is 9.82. The minimum Gasteiger partial charge on any atom is -0.497 e. The van der Waals surface area contributed by atoms with E-state index in [1.165, 1.54) is 34.3 Å². The first-order valence-electron chi connectivity index (χ1n) is 12.1. The number of pyridine rings is 1. The highest BCUT2D eigenvalue weighted by atomic mass is 32.2. The lowest BCUT2D eigenvalue weighted by molar-refractivity contribution is 0.0710. The van der Waals surface area contributed by atoms with E-state index < -0.39 is 0 Å². The minimum atomic E-state index is 0.293. The first kappa shape index (κ1) is 24.1. The normalized spacial score (nSPS) is 19.1. The van der Waals surface area contributed by atoms with Gasteiger partial charge in [0.2, 0.25) is 0 Å². The Morgan fingerprint density at radius 2 is 2.03 bits per heavy atom. The highest BCUT2D eigenvalue weighted by Gasteiger charge is 2.28. The molecule has 0 saturated carbocycles. The fraction of sp³-hybridized carbons (Fsp3) is 0.464. The van der Waals surface area contributed by atoms with Gasteiger partial charge in [-0.2, -0.15) is 0 Å². The molecule has 0 aliphatic carbocycles. The van der Waals surface area contributed by atoms with Crippen LogP contribution in [0.1, 0.15) is 30.4 Å². The van der Waals surface area contributed by atoms with Crippen molar-refractivity contribution in [2.24, 2.45) is 11.8 Å². The molecule has 33 heavy (non-hydrogen) atoms. The highest BCUT2D eigenvalue weighted by Crippen LogP contribution is 2.30. The van der Waals surface area contributed by atoms with Gasteiger partial charge in [0, 0.05) is 41.9 Å². The molecule has 1 fully saturated rings. The number of hydrogen-bond acceptors (Lipinski definition) is 5. The predicted octanol–water partition coefficient (Wildman–Crippen LogP) is 5.60. The van der Waals surface area contributed by atoms with Gasteiger partial charge in [0.1, 0.15) is 5.75 Å². The summed E-state index contributed by atoms with van der Waals surface area (Å²) in [6.45, 7) is 5.73. The number of ether oxygens (including phenoxy) is 1. The van der Waals surface area contributed by atoms with Crippen molar-refractivity contribution in [3.05, 3.63) is 65.9 Å². The number of benzene rings is 2. The molecule has 4 nitrogen and oxygen atoms in total. The molecule has 0 radical (unpaired) electrons. The first-order chi connectivity index (χ1) is 16.2. The molecule has 0 spiro atoms. The van der Waals surface area contributed by atoms with Crippen molar-refractivity contribution >= 4 is 22.7 Å². The molecule has 1 N–H and O–H groups in total. The van der Waals surface area contributed by atoms with Crippen LogP contribution in [0.3, 0.4) is 0 Å². The number of hydrogen-bond donors (Lipinski definition) is 1. The Morgan fingerprint density at radius 1 is 1.15 bits per heavy atom. The Bertz CT molecular complexity index is 1040. The molecule has 0 unspecified atom stereocenters. The third-order valence-corrected chi connectivity index (χ3v) is 8.18. The number of fused-ring (bicyclic) bond motifs is 1. The van der Waals surface area contributed by atoms with Gasteiger partial charge in [0.05, 0.1) is 12.6 Å². The van der Waals surface area contributed by atoms with E-state index in [0.29, 0.717) is 18.4 Å². The van der Waals surface area contributed by atoms with E-state index in [9.17, 15) is 5.11 Å². The molecule has 1 aromatic heterocycles. The van der Waals surface area contributed by atoms with Gasteiger partial charge in [-0.3, -0.25) is 4.98 Å². The fourth-order valence-electron chi connectivity index (χ4n) is 5.03. The molecule has 2 heterocycles. The van der Waals surface area contributed by atoms with E-state index in [2.05, 4.69) is 53.2 Å². The van der Waals surface area contributed by atoms with E-state index in [1.807, 2.05) is 30.1 Å². The van der Waals surface area contributed by atoms with Crippen LogP contribution in [0.5, 0.6) is 5.75 Å². The second-order valence-electron chi connectivity index (χ2n) is 9.15. The van der Waals surface area contributed by atoms with E-state index in [0.717, 1.165) is 49.5 Å². The average molecular weight is 465 g/mol. The summed E-state index contributed by atoms with van der Waals surface area (Å²) in [4.78, 5) is 8.43. The molecule has 2 atom stereocenters. The van der Waals surface area contributed by atoms with Crippen LogP contribution >= 0.6 is 11.8 Å². The van der Waals surface area contributed by atoms with Gasteiger partial charge in [-0.05, 0) is 92.4 Å². The number of aliphatic hydroxyl groups excluding tert-OH is 1. The van der Waals surface area contributed by atoms with E-state index >= 15 is 0 Å². The maximum absolute atomic E-state index is 10.1.